The van der Waals surface area contributed by atoms with Crippen LogP contribution in [-0.4, -0.2) is 18.5 Å². The third-order valence-corrected chi connectivity index (χ3v) is 4.44. The fourth-order valence-electron chi connectivity index (χ4n) is 3.46. The van der Waals surface area contributed by atoms with Gasteiger partial charge in [-0.05, 0) is 44.6 Å². The first-order valence-electron chi connectivity index (χ1n) is 7.00. The van der Waals surface area contributed by atoms with Crippen LogP contribution < -0.4 is 0 Å². The maximum absolute atomic E-state index is 6.12. The van der Waals surface area contributed by atoms with Gasteiger partial charge in [-0.2, -0.15) is 0 Å². The van der Waals surface area contributed by atoms with Crippen molar-refractivity contribution in [1.82, 2.24) is 0 Å². The zero-order valence-electron chi connectivity index (χ0n) is 11.3. The second-order valence-corrected chi connectivity index (χ2v) is 6.06. The van der Waals surface area contributed by atoms with Crippen molar-refractivity contribution in [2.24, 2.45) is 11.8 Å². The van der Waals surface area contributed by atoms with Crippen molar-refractivity contribution in [3.63, 3.8) is 0 Å². The molecule has 3 unspecified atom stereocenters. The molecule has 2 heteroatoms. The molecule has 0 spiro atoms. The van der Waals surface area contributed by atoms with Crippen LogP contribution in [0.3, 0.4) is 0 Å². The highest BCUT2D eigenvalue weighted by Gasteiger charge is 2.50. The van der Waals surface area contributed by atoms with E-state index >= 15 is 0 Å². The summed E-state index contributed by atoms with van der Waals surface area (Å²) in [5.74, 6) is 1.12. The van der Waals surface area contributed by atoms with E-state index in [-0.39, 0.29) is 11.9 Å². The van der Waals surface area contributed by atoms with Gasteiger partial charge in [-0.1, -0.05) is 30.3 Å². The van der Waals surface area contributed by atoms with Crippen molar-refractivity contribution in [2.75, 3.05) is 6.61 Å². The molecule has 1 aromatic carbocycles. The summed E-state index contributed by atoms with van der Waals surface area (Å²) in [4.78, 5) is 0. The van der Waals surface area contributed by atoms with Gasteiger partial charge in [0.25, 0.3) is 0 Å². The molecule has 0 radical (unpaired) electrons. The van der Waals surface area contributed by atoms with E-state index in [2.05, 4.69) is 44.2 Å². The molecule has 0 bridgehead atoms. The van der Waals surface area contributed by atoms with Crippen LogP contribution in [0, 0.1) is 11.8 Å². The summed E-state index contributed by atoms with van der Waals surface area (Å²) in [5.41, 5.74) is 1.33. The Hall–Kier alpha value is -0.860. The first-order valence-corrected chi connectivity index (χ1v) is 7.00. The van der Waals surface area contributed by atoms with E-state index in [1.807, 2.05) is 0 Å². The van der Waals surface area contributed by atoms with Gasteiger partial charge >= 0.3 is 0 Å². The first kappa shape index (κ1) is 12.2. The van der Waals surface area contributed by atoms with Gasteiger partial charge in [0, 0.05) is 12.5 Å². The number of fused-ring (bicyclic) bond motifs is 1. The standard InChI is InChI=1S/C16H22O2/c1-16(2)14(11-12-7-4-3-5-8-12)13-9-6-10-17-15(13)18-16/h3-5,7-8,13-15H,6,9-11H2,1-2H3. The number of benzene rings is 1. The predicted octanol–water partition coefficient (Wildman–Crippen LogP) is 3.41. The van der Waals surface area contributed by atoms with Crippen molar-refractivity contribution in [3.05, 3.63) is 35.9 Å². The summed E-state index contributed by atoms with van der Waals surface area (Å²) < 4.78 is 11.9. The van der Waals surface area contributed by atoms with Crippen molar-refractivity contribution in [1.29, 1.82) is 0 Å². The monoisotopic (exact) mass is 246 g/mol. The molecular formula is C16H22O2. The second kappa shape index (κ2) is 4.67. The van der Waals surface area contributed by atoms with E-state index in [0.717, 1.165) is 13.0 Å². The normalized spacial score (nSPS) is 34.2. The van der Waals surface area contributed by atoms with Crippen molar-refractivity contribution >= 4 is 0 Å². The largest absolute Gasteiger partial charge is 0.352 e. The average molecular weight is 246 g/mol. The lowest BCUT2D eigenvalue weighted by molar-refractivity contribution is -0.184. The van der Waals surface area contributed by atoms with Crippen LogP contribution in [0.25, 0.3) is 0 Å². The number of hydrogen-bond acceptors (Lipinski definition) is 2. The van der Waals surface area contributed by atoms with Crippen LogP contribution in [0.4, 0.5) is 0 Å². The Morgan fingerprint density at radius 3 is 2.78 bits per heavy atom. The molecule has 3 atom stereocenters. The van der Waals surface area contributed by atoms with E-state index in [0.29, 0.717) is 11.8 Å². The average Bonchev–Trinajstić information content (AvgIpc) is 2.62. The Balaban J connectivity index is 1.80. The molecule has 2 saturated heterocycles. The van der Waals surface area contributed by atoms with E-state index in [4.69, 9.17) is 9.47 Å². The fourth-order valence-corrected chi connectivity index (χ4v) is 3.46. The first-order chi connectivity index (χ1) is 8.67. The van der Waals surface area contributed by atoms with Gasteiger partial charge in [0.2, 0.25) is 0 Å². The molecule has 18 heavy (non-hydrogen) atoms. The molecule has 0 aromatic heterocycles. The third-order valence-electron chi connectivity index (χ3n) is 4.44. The van der Waals surface area contributed by atoms with E-state index < -0.39 is 0 Å². The van der Waals surface area contributed by atoms with Crippen molar-refractivity contribution in [2.45, 2.75) is 45.0 Å². The molecule has 0 N–H and O–H groups in total. The highest BCUT2D eigenvalue weighted by molar-refractivity contribution is 5.17. The SMILES string of the molecule is CC1(C)OC2OCCCC2C1Cc1ccccc1. The zero-order chi connectivity index (χ0) is 12.6. The topological polar surface area (TPSA) is 18.5 Å². The predicted molar refractivity (Wildman–Crippen MR) is 71.3 cm³/mol. The van der Waals surface area contributed by atoms with Crippen LogP contribution >= 0.6 is 0 Å². The van der Waals surface area contributed by atoms with Gasteiger partial charge in [0.05, 0.1) is 5.60 Å². The Bertz CT molecular complexity index is 399. The smallest absolute Gasteiger partial charge is 0.161 e. The summed E-state index contributed by atoms with van der Waals surface area (Å²) in [5, 5.41) is 0. The molecule has 2 heterocycles. The minimum absolute atomic E-state index is 0.0301. The molecule has 0 amide bonds. The zero-order valence-corrected chi connectivity index (χ0v) is 11.3. The Morgan fingerprint density at radius 2 is 2.00 bits per heavy atom. The summed E-state index contributed by atoms with van der Waals surface area (Å²) >= 11 is 0. The Morgan fingerprint density at radius 1 is 1.22 bits per heavy atom. The van der Waals surface area contributed by atoms with E-state index in [1.165, 1.54) is 18.4 Å². The molecule has 1 aromatic rings. The van der Waals surface area contributed by atoms with Crippen molar-refractivity contribution in [3.8, 4) is 0 Å². The number of rotatable bonds is 2. The maximum Gasteiger partial charge on any atom is 0.161 e. The van der Waals surface area contributed by atoms with Gasteiger partial charge in [-0.15, -0.1) is 0 Å². The molecule has 2 nitrogen and oxygen atoms in total. The van der Waals surface area contributed by atoms with Crippen LogP contribution in [-0.2, 0) is 15.9 Å². The van der Waals surface area contributed by atoms with Gasteiger partial charge in [0.1, 0.15) is 0 Å². The molecular weight excluding hydrogens is 224 g/mol. The van der Waals surface area contributed by atoms with Crippen LogP contribution in [0.1, 0.15) is 32.3 Å². The number of ether oxygens (including phenoxy) is 2. The van der Waals surface area contributed by atoms with E-state index in [1.54, 1.807) is 0 Å². The highest BCUT2D eigenvalue weighted by Crippen LogP contribution is 2.46. The van der Waals surface area contributed by atoms with Crippen LogP contribution in [0.2, 0.25) is 0 Å². The van der Waals surface area contributed by atoms with Gasteiger partial charge in [-0.3, -0.25) is 0 Å². The summed E-state index contributed by atoms with van der Waals surface area (Å²) in [6, 6.07) is 10.7. The van der Waals surface area contributed by atoms with Gasteiger partial charge < -0.3 is 9.47 Å². The fraction of sp³-hybridized carbons (Fsp3) is 0.625. The Kier molecular flexibility index (Phi) is 3.16. The van der Waals surface area contributed by atoms with Gasteiger partial charge in [0.15, 0.2) is 6.29 Å². The molecule has 3 rings (SSSR count). The van der Waals surface area contributed by atoms with Crippen LogP contribution in [0.5, 0.6) is 0 Å². The Labute approximate surface area is 109 Å². The lowest BCUT2D eigenvalue weighted by Crippen LogP contribution is -2.32. The maximum atomic E-state index is 6.12. The molecule has 98 valence electrons. The van der Waals surface area contributed by atoms with Gasteiger partial charge in [-0.25, -0.2) is 0 Å². The molecule has 2 aliphatic rings. The van der Waals surface area contributed by atoms with Crippen LogP contribution in [0.15, 0.2) is 30.3 Å². The minimum Gasteiger partial charge on any atom is -0.352 e. The molecule has 2 fully saturated rings. The lowest BCUT2D eigenvalue weighted by Gasteiger charge is -2.29. The minimum atomic E-state index is -0.0739. The lowest BCUT2D eigenvalue weighted by atomic mass is 9.76. The summed E-state index contributed by atoms with van der Waals surface area (Å²) in [6.07, 6.45) is 3.54. The number of hydrogen-bond donors (Lipinski definition) is 0. The summed E-state index contributed by atoms with van der Waals surface area (Å²) in [7, 11) is 0. The van der Waals surface area contributed by atoms with E-state index in [9.17, 15) is 0 Å². The van der Waals surface area contributed by atoms with Crippen molar-refractivity contribution < 1.29 is 9.47 Å². The third kappa shape index (κ3) is 2.19. The highest BCUT2D eigenvalue weighted by atomic mass is 16.7. The quantitative estimate of drug-likeness (QED) is 0.796. The molecule has 0 saturated carbocycles. The second-order valence-electron chi connectivity index (χ2n) is 6.06. The molecule has 0 aliphatic carbocycles. The summed E-state index contributed by atoms with van der Waals surface area (Å²) in [6.45, 7) is 5.28. The molecule has 2 aliphatic heterocycles.